The van der Waals surface area contributed by atoms with Crippen LogP contribution >= 0.6 is 22.6 Å². The highest BCUT2D eigenvalue weighted by Crippen LogP contribution is 2.20. The zero-order chi connectivity index (χ0) is 12.6. The van der Waals surface area contributed by atoms with Gasteiger partial charge in [0.15, 0.2) is 0 Å². The van der Waals surface area contributed by atoms with Gasteiger partial charge in [0.2, 0.25) is 0 Å². The molecule has 0 spiro atoms. The summed E-state index contributed by atoms with van der Waals surface area (Å²) in [6.45, 7) is 3.04. The van der Waals surface area contributed by atoms with Gasteiger partial charge in [0.1, 0.15) is 0 Å². The minimum atomic E-state index is 0.914. The van der Waals surface area contributed by atoms with Crippen LogP contribution in [0.15, 0.2) is 24.3 Å². The highest BCUT2D eigenvalue weighted by atomic mass is 127. The third kappa shape index (κ3) is 5.14. The van der Waals surface area contributed by atoms with Crippen LogP contribution in [0.5, 0.6) is 0 Å². The molecule has 1 heterocycles. The second-order valence-electron chi connectivity index (χ2n) is 4.99. The largest absolute Gasteiger partial charge is 0.385 e. The first-order valence-corrected chi connectivity index (χ1v) is 7.99. The van der Waals surface area contributed by atoms with Gasteiger partial charge in [-0.3, -0.25) is 0 Å². The van der Waals surface area contributed by atoms with Gasteiger partial charge < -0.3 is 10.1 Å². The zero-order valence-electron chi connectivity index (χ0n) is 10.8. The first kappa shape index (κ1) is 14.1. The zero-order valence-corrected chi connectivity index (χ0v) is 13.0. The van der Waals surface area contributed by atoms with Crippen molar-refractivity contribution in [2.75, 3.05) is 25.1 Å². The highest BCUT2D eigenvalue weighted by molar-refractivity contribution is 14.1. The molecule has 18 heavy (non-hydrogen) atoms. The average molecular weight is 359 g/mol. The third-order valence-electron chi connectivity index (χ3n) is 3.55. The lowest BCUT2D eigenvalue weighted by atomic mass is 9.94. The maximum atomic E-state index is 5.38. The molecule has 0 amide bonds. The number of unbranched alkanes of at least 4 members (excludes halogenated alkanes) is 1. The summed E-state index contributed by atoms with van der Waals surface area (Å²) in [6, 6.07) is 8.59. The average Bonchev–Trinajstić information content (AvgIpc) is 2.42. The molecule has 1 fully saturated rings. The predicted octanol–water partition coefficient (Wildman–Crippen LogP) is 4.30. The molecular formula is C15H22INO. The van der Waals surface area contributed by atoms with Gasteiger partial charge in [-0.1, -0.05) is 12.8 Å². The van der Waals surface area contributed by atoms with Crippen molar-refractivity contribution < 1.29 is 4.74 Å². The van der Waals surface area contributed by atoms with E-state index in [0.717, 1.165) is 25.7 Å². The maximum Gasteiger partial charge on any atom is 0.0468 e. The van der Waals surface area contributed by atoms with E-state index in [-0.39, 0.29) is 0 Å². The first-order valence-electron chi connectivity index (χ1n) is 6.92. The highest BCUT2D eigenvalue weighted by Gasteiger charge is 2.12. The Balaban J connectivity index is 1.54. The van der Waals surface area contributed by atoms with Gasteiger partial charge in [0, 0.05) is 29.0 Å². The van der Waals surface area contributed by atoms with Gasteiger partial charge in [-0.05, 0) is 72.0 Å². The van der Waals surface area contributed by atoms with Crippen LogP contribution in [0.3, 0.4) is 0 Å². The van der Waals surface area contributed by atoms with E-state index in [2.05, 4.69) is 52.2 Å². The Kier molecular flexibility index (Phi) is 6.28. The van der Waals surface area contributed by atoms with Crippen LogP contribution in [-0.2, 0) is 4.74 Å². The monoisotopic (exact) mass is 359 g/mol. The van der Waals surface area contributed by atoms with E-state index in [4.69, 9.17) is 4.74 Å². The number of halogens is 1. The Hall–Kier alpha value is -0.290. The summed E-state index contributed by atoms with van der Waals surface area (Å²) in [5.74, 6) is 0.914. The van der Waals surface area contributed by atoms with Gasteiger partial charge in [-0.2, -0.15) is 0 Å². The standard InChI is InChI=1S/C15H22INO/c16-14-4-6-15(7-5-14)17-10-2-1-3-13-8-11-18-12-9-13/h4-7,13,17H,1-3,8-12H2. The molecule has 1 aliphatic heterocycles. The van der Waals surface area contributed by atoms with Crippen LogP contribution in [0.2, 0.25) is 0 Å². The minimum absolute atomic E-state index is 0.914. The van der Waals surface area contributed by atoms with Crippen LogP contribution in [-0.4, -0.2) is 19.8 Å². The van der Waals surface area contributed by atoms with Crippen molar-refractivity contribution >= 4 is 28.3 Å². The Labute approximate surface area is 124 Å². The SMILES string of the molecule is Ic1ccc(NCCCCC2CCOCC2)cc1. The quantitative estimate of drug-likeness (QED) is 0.604. The van der Waals surface area contributed by atoms with E-state index in [1.807, 2.05) is 0 Å². The number of benzene rings is 1. The summed E-state index contributed by atoms with van der Waals surface area (Å²) < 4.78 is 6.67. The maximum absolute atomic E-state index is 5.38. The van der Waals surface area contributed by atoms with Gasteiger partial charge in [0.05, 0.1) is 0 Å². The molecule has 0 bridgehead atoms. The summed E-state index contributed by atoms with van der Waals surface area (Å²) >= 11 is 2.33. The van der Waals surface area contributed by atoms with Gasteiger partial charge in [-0.25, -0.2) is 0 Å². The number of hydrogen-bond donors (Lipinski definition) is 1. The fourth-order valence-electron chi connectivity index (χ4n) is 2.39. The van der Waals surface area contributed by atoms with Crippen molar-refractivity contribution in [1.82, 2.24) is 0 Å². The Morgan fingerprint density at radius 3 is 2.56 bits per heavy atom. The number of anilines is 1. The number of hydrogen-bond acceptors (Lipinski definition) is 2. The molecular weight excluding hydrogens is 337 g/mol. The lowest BCUT2D eigenvalue weighted by molar-refractivity contribution is 0.0632. The second kappa shape index (κ2) is 8.00. The van der Waals surface area contributed by atoms with Crippen molar-refractivity contribution in [2.24, 2.45) is 5.92 Å². The Morgan fingerprint density at radius 2 is 1.83 bits per heavy atom. The molecule has 0 saturated carbocycles. The van der Waals surface area contributed by atoms with E-state index >= 15 is 0 Å². The lowest BCUT2D eigenvalue weighted by Crippen LogP contribution is -2.15. The van der Waals surface area contributed by atoms with Crippen molar-refractivity contribution in [3.05, 3.63) is 27.8 Å². The minimum Gasteiger partial charge on any atom is -0.385 e. The molecule has 100 valence electrons. The number of rotatable bonds is 6. The molecule has 2 rings (SSSR count). The smallest absolute Gasteiger partial charge is 0.0468 e. The fourth-order valence-corrected chi connectivity index (χ4v) is 2.75. The predicted molar refractivity (Wildman–Crippen MR) is 85.0 cm³/mol. The van der Waals surface area contributed by atoms with Crippen LogP contribution < -0.4 is 5.32 Å². The molecule has 1 saturated heterocycles. The van der Waals surface area contributed by atoms with E-state index in [1.54, 1.807) is 0 Å². The van der Waals surface area contributed by atoms with Crippen molar-refractivity contribution in [3.63, 3.8) is 0 Å². The van der Waals surface area contributed by atoms with Crippen LogP contribution in [0.25, 0.3) is 0 Å². The molecule has 1 N–H and O–H groups in total. The lowest BCUT2D eigenvalue weighted by Gasteiger charge is -2.21. The third-order valence-corrected chi connectivity index (χ3v) is 4.27. The van der Waals surface area contributed by atoms with Crippen molar-refractivity contribution in [3.8, 4) is 0 Å². The van der Waals surface area contributed by atoms with E-state index in [0.29, 0.717) is 0 Å². The first-order chi connectivity index (χ1) is 8.84. The molecule has 0 atom stereocenters. The molecule has 1 aliphatic rings. The van der Waals surface area contributed by atoms with Crippen molar-refractivity contribution in [2.45, 2.75) is 32.1 Å². The molecule has 0 radical (unpaired) electrons. The Bertz CT molecular complexity index is 333. The molecule has 0 unspecified atom stereocenters. The number of nitrogens with one attached hydrogen (secondary N) is 1. The molecule has 1 aromatic rings. The molecule has 0 aromatic heterocycles. The van der Waals surface area contributed by atoms with Gasteiger partial charge in [0.25, 0.3) is 0 Å². The molecule has 3 heteroatoms. The van der Waals surface area contributed by atoms with Crippen LogP contribution in [0, 0.1) is 9.49 Å². The van der Waals surface area contributed by atoms with E-state index < -0.39 is 0 Å². The number of ether oxygens (including phenoxy) is 1. The van der Waals surface area contributed by atoms with Crippen LogP contribution in [0.1, 0.15) is 32.1 Å². The van der Waals surface area contributed by atoms with E-state index in [9.17, 15) is 0 Å². The Morgan fingerprint density at radius 1 is 1.11 bits per heavy atom. The summed E-state index contributed by atoms with van der Waals surface area (Å²) in [5, 5.41) is 3.48. The summed E-state index contributed by atoms with van der Waals surface area (Å²) in [7, 11) is 0. The van der Waals surface area contributed by atoms with Gasteiger partial charge in [-0.15, -0.1) is 0 Å². The normalized spacial score (nSPS) is 16.7. The van der Waals surface area contributed by atoms with Crippen LogP contribution in [0.4, 0.5) is 5.69 Å². The van der Waals surface area contributed by atoms with E-state index in [1.165, 1.54) is 41.4 Å². The second-order valence-corrected chi connectivity index (χ2v) is 6.23. The topological polar surface area (TPSA) is 21.3 Å². The fraction of sp³-hybridized carbons (Fsp3) is 0.600. The molecule has 2 nitrogen and oxygen atoms in total. The van der Waals surface area contributed by atoms with Crippen molar-refractivity contribution in [1.29, 1.82) is 0 Å². The van der Waals surface area contributed by atoms with Gasteiger partial charge >= 0.3 is 0 Å². The summed E-state index contributed by atoms with van der Waals surface area (Å²) in [5.41, 5.74) is 1.24. The molecule has 1 aromatic carbocycles. The summed E-state index contributed by atoms with van der Waals surface area (Å²) in [4.78, 5) is 0. The molecule has 0 aliphatic carbocycles. The summed E-state index contributed by atoms with van der Waals surface area (Å²) in [6.07, 6.45) is 6.51.